The molecule has 2 fully saturated rings. The molecule has 3 rings (SSSR count). The van der Waals surface area contributed by atoms with Gasteiger partial charge in [-0.2, -0.15) is 18.3 Å². The number of hydrogen-bond donors (Lipinski definition) is 0. The van der Waals surface area contributed by atoms with Gasteiger partial charge in [-0.15, -0.1) is 0 Å². The number of hydrogen-bond acceptors (Lipinski definition) is 4. The van der Waals surface area contributed by atoms with Crippen molar-refractivity contribution in [1.29, 1.82) is 0 Å². The molecule has 0 bridgehead atoms. The van der Waals surface area contributed by atoms with Crippen LogP contribution in [-0.2, 0) is 18.0 Å². The van der Waals surface area contributed by atoms with Gasteiger partial charge in [-0.05, 0) is 32.4 Å². The van der Waals surface area contributed by atoms with Crippen LogP contribution in [0.2, 0.25) is 0 Å². The smallest absolute Gasteiger partial charge is 0.375 e. The molecule has 0 N–H and O–H groups in total. The highest BCUT2D eigenvalue weighted by molar-refractivity contribution is 5.92. The van der Waals surface area contributed by atoms with Crippen molar-refractivity contribution in [3.8, 4) is 0 Å². The molecule has 0 aromatic carbocycles. The summed E-state index contributed by atoms with van der Waals surface area (Å²) in [5.41, 5.74) is -1.09. The molecule has 2 saturated heterocycles. The van der Waals surface area contributed by atoms with Crippen LogP contribution in [0.4, 0.5) is 13.2 Å². The zero-order valence-corrected chi connectivity index (χ0v) is 14.3. The molecule has 9 heteroatoms. The Kier molecular flexibility index (Phi) is 5.33. The van der Waals surface area contributed by atoms with Crippen LogP contribution in [0.1, 0.15) is 35.4 Å². The van der Waals surface area contributed by atoms with Crippen LogP contribution in [0.25, 0.3) is 0 Å². The molecule has 0 unspecified atom stereocenters. The number of ether oxygens (including phenoxy) is 1. The van der Waals surface area contributed by atoms with Gasteiger partial charge in [-0.1, -0.05) is 0 Å². The van der Waals surface area contributed by atoms with Crippen molar-refractivity contribution in [2.75, 3.05) is 39.3 Å². The Labute approximate surface area is 144 Å². The molecule has 0 radical (unpaired) electrons. The van der Waals surface area contributed by atoms with Crippen molar-refractivity contribution in [2.45, 2.75) is 31.5 Å². The fraction of sp³-hybridized carbons (Fsp3) is 0.750. The minimum atomic E-state index is -4.56. The highest BCUT2D eigenvalue weighted by atomic mass is 19.4. The third-order valence-electron chi connectivity index (χ3n) is 4.69. The van der Waals surface area contributed by atoms with Gasteiger partial charge in [0.2, 0.25) is 0 Å². The standard InChI is InChI=1S/C16H23F3N4O2/c1-21-13(9-14(20-21)16(17,18)19)15(24)23-7-4-8-25-12(11-23)10-22-5-2-3-6-22/h9,12H,2-8,10-11H2,1H3/t12-/m0/s1. The Balaban J connectivity index is 1.70. The second-order valence-corrected chi connectivity index (χ2v) is 6.64. The topological polar surface area (TPSA) is 50.6 Å². The molecule has 1 aromatic rings. The number of likely N-dealkylation sites (tertiary alicyclic amines) is 1. The first-order chi connectivity index (χ1) is 11.8. The maximum atomic E-state index is 12.8. The number of nitrogens with zero attached hydrogens (tertiary/aromatic N) is 4. The summed E-state index contributed by atoms with van der Waals surface area (Å²) < 4.78 is 45.3. The monoisotopic (exact) mass is 360 g/mol. The van der Waals surface area contributed by atoms with Gasteiger partial charge in [0.05, 0.1) is 6.10 Å². The van der Waals surface area contributed by atoms with Gasteiger partial charge in [-0.3, -0.25) is 9.48 Å². The first-order valence-electron chi connectivity index (χ1n) is 8.59. The lowest BCUT2D eigenvalue weighted by atomic mass is 10.2. The summed E-state index contributed by atoms with van der Waals surface area (Å²) >= 11 is 0. The van der Waals surface area contributed by atoms with Crippen LogP contribution in [-0.4, -0.2) is 70.9 Å². The zero-order chi connectivity index (χ0) is 18.0. The third kappa shape index (κ3) is 4.33. The first kappa shape index (κ1) is 18.2. The number of rotatable bonds is 3. The molecule has 0 aliphatic carbocycles. The summed E-state index contributed by atoms with van der Waals surface area (Å²) in [5, 5.41) is 3.43. The van der Waals surface area contributed by atoms with E-state index >= 15 is 0 Å². The zero-order valence-electron chi connectivity index (χ0n) is 14.3. The molecule has 3 heterocycles. The van der Waals surface area contributed by atoms with Crippen molar-refractivity contribution in [3.05, 3.63) is 17.5 Å². The highest BCUT2D eigenvalue weighted by Gasteiger charge is 2.36. The largest absolute Gasteiger partial charge is 0.435 e. The number of amides is 1. The van der Waals surface area contributed by atoms with Crippen molar-refractivity contribution >= 4 is 5.91 Å². The van der Waals surface area contributed by atoms with Gasteiger partial charge >= 0.3 is 6.18 Å². The van der Waals surface area contributed by atoms with Crippen LogP contribution < -0.4 is 0 Å². The predicted octanol–water partition coefficient (Wildman–Crippen LogP) is 1.77. The third-order valence-corrected chi connectivity index (χ3v) is 4.69. The SMILES string of the molecule is Cn1nc(C(F)(F)F)cc1C(=O)N1CCCO[C@@H](CN2CCCC2)C1. The second-order valence-electron chi connectivity index (χ2n) is 6.64. The molecule has 2 aliphatic heterocycles. The maximum Gasteiger partial charge on any atom is 0.435 e. The molecule has 1 atom stereocenters. The number of alkyl halides is 3. The van der Waals surface area contributed by atoms with Gasteiger partial charge in [-0.25, -0.2) is 0 Å². The Morgan fingerprint density at radius 2 is 2.00 bits per heavy atom. The van der Waals surface area contributed by atoms with Crippen molar-refractivity contribution in [1.82, 2.24) is 19.6 Å². The Hall–Kier alpha value is -1.61. The molecular formula is C16H23F3N4O2. The van der Waals surface area contributed by atoms with Crippen molar-refractivity contribution in [3.63, 3.8) is 0 Å². The molecule has 6 nitrogen and oxygen atoms in total. The quantitative estimate of drug-likeness (QED) is 0.824. The second kappa shape index (κ2) is 7.33. The molecular weight excluding hydrogens is 337 g/mol. The van der Waals surface area contributed by atoms with Gasteiger partial charge in [0.25, 0.3) is 5.91 Å². The average molecular weight is 360 g/mol. The maximum absolute atomic E-state index is 12.8. The van der Waals surface area contributed by atoms with E-state index in [2.05, 4.69) is 10.00 Å². The Bertz CT molecular complexity index is 611. The molecule has 1 aromatic heterocycles. The Morgan fingerprint density at radius 1 is 1.28 bits per heavy atom. The summed E-state index contributed by atoms with van der Waals surface area (Å²) in [6.45, 7) is 4.24. The first-order valence-corrected chi connectivity index (χ1v) is 8.59. The summed E-state index contributed by atoms with van der Waals surface area (Å²) in [4.78, 5) is 16.6. The summed E-state index contributed by atoms with van der Waals surface area (Å²) in [7, 11) is 1.36. The predicted molar refractivity (Wildman–Crippen MR) is 84.1 cm³/mol. The number of carbonyl (C=O) groups is 1. The van der Waals surface area contributed by atoms with E-state index in [0.29, 0.717) is 26.1 Å². The van der Waals surface area contributed by atoms with Crippen molar-refractivity contribution in [2.24, 2.45) is 7.05 Å². The van der Waals surface area contributed by atoms with Gasteiger partial charge in [0.1, 0.15) is 5.69 Å². The van der Waals surface area contributed by atoms with E-state index in [1.54, 1.807) is 4.90 Å². The number of halogens is 3. The summed E-state index contributed by atoms with van der Waals surface area (Å²) in [6, 6.07) is 0.823. The van der Waals surface area contributed by atoms with E-state index in [1.807, 2.05) is 0 Å². The van der Waals surface area contributed by atoms with Crippen LogP contribution in [0.5, 0.6) is 0 Å². The van der Waals surface area contributed by atoms with E-state index in [0.717, 1.165) is 30.4 Å². The molecule has 25 heavy (non-hydrogen) atoms. The lowest BCUT2D eigenvalue weighted by Gasteiger charge is -2.27. The number of aryl methyl sites for hydroxylation is 1. The van der Waals surface area contributed by atoms with Crippen LogP contribution in [0.15, 0.2) is 6.07 Å². The molecule has 2 aliphatic rings. The minimum absolute atomic E-state index is 0.0471. The Morgan fingerprint density at radius 3 is 2.64 bits per heavy atom. The van der Waals surface area contributed by atoms with Crippen LogP contribution in [0.3, 0.4) is 0 Å². The molecule has 0 spiro atoms. The van der Waals surface area contributed by atoms with Gasteiger partial charge in [0.15, 0.2) is 5.69 Å². The normalized spacial score (nSPS) is 23.0. The van der Waals surface area contributed by atoms with E-state index in [-0.39, 0.29) is 11.8 Å². The van der Waals surface area contributed by atoms with Crippen LogP contribution >= 0.6 is 0 Å². The van der Waals surface area contributed by atoms with E-state index < -0.39 is 17.8 Å². The summed E-state index contributed by atoms with van der Waals surface area (Å²) in [5.74, 6) is -0.428. The highest BCUT2D eigenvalue weighted by Crippen LogP contribution is 2.28. The lowest BCUT2D eigenvalue weighted by Crippen LogP contribution is -2.42. The average Bonchev–Trinajstić information content (AvgIpc) is 3.12. The number of aromatic nitrogens is 2. The van der Waals surface area contributed by atoms with E-state index in [1.165, 1.54) is 19.9 Å². The van der Waals surface area contributed by atoms with Crippen LogP contribution in [0, 0.1) is 0 Å². The molecule has 0 saturated carbocycles. The fourth-order valence-corrected chi connectivity index (χ4v) is 3.41. The molecule has 1 amide bonds. The summed E-state index contributed by atoms with van der Waals surface area (Å²) in [6.07, 6.45) is -1.65. The lowest BCUT2D eigenvalue weighted by molar-refractivity contribution is -0.141. The molecule has 140 valence electrons. The van der Waals surface area contributed by atoms with Gasteiger partial charge in [0, 0.05) is 39.4 Å². The van der Waals surface area contributed by atoms with E-state index in [4.69, 9.17) is 4.74 Å². The van der Waals surface area contributed by atoms with Gasteiger partial charge < -0.3 is 14.5 Å². The number of carbonyl (C=O) groups excluding carboxylic acids is 1. The van der Waals surface area contributed by atoms with E-state index in [9.17, 15) is 18.0 Å². The fourth-order valence-electron chi connectivity index (χ4n) is 3.41. The minimum Gasteiger partial charge on any atom is -0.375 e. The van der Waals surface area contributed by atoms with Crippen molar-refractivity contribution < 1.29 is 22.7 Å².